The second-order valence-corrected chi connectivity index (χ2v) is 9.40. The van der Waals surface area contributed by atoms with Crippen LogP contribution in [0.1, 0.15) is 49.2 Å². The van der Waals surface area contributed by atoms with E-state index in [0.717, 1.165) is 18.9 Å². The van der Waals surface area contributed by atoms with E-state index in [9.17, 15) is 23.5 Å². The predicted octanol–water partition coefficient (Wildman–Crippen LogP) is 4.10. The summed E-state index contributed by atoms with van der Waals surface area (Å²) in [4.78, 5) is 30.9. The van der Waals surface area contributed by atoms with Gasteiger partial charge in [-0.1, -0.05) is 0 Å². The van der Waals surface area contributed by atoms with Crippen molar-refractivity contribution >= 4 is 17.7 Å². The Kier molecular flexibility index (Phi) is 5.99. The van der Waals surface area contributed by atoms with Gasteiger partial charge in [0, 0.05) is 42.7 Å². The highest BCUT2D eigenvalue weighted by molar-refractivity contribution is 6.04. The first-order chi connectivity index (χ1) is 15.6. The minimum atomic E-state index is -1.13. The minimum Gasteiger partial charge on any atom is -0.465 e. The molecule has 176 valence electrons. The molecule has 9 heteroatoms. The number of carboxylic acid groups (broad SMARTS) is 1. The summed E-state index contributed by atoms with van der Waals surface area (Å²) in [5.74, 6) is -1.32. The smallest absolute Gasteiger partial charge is 0.405 e. The number of carbonyl (C=O) groups is 2. The highest BCUT2D eigenvalue weighted by Gasteiger charge is 2.38. The number of aromatic nitrogens is 1. The molecule has 2 heterocycles. The first-order valence-electron chi connectivity index (χ1n) is 11.1. The molecule has 1 saturated heterocycles. The quantitative estimate of drug-likeness (QED) is 0.606. The van der Waals surface area contributed by atoms with Crippen LogP contribution in [-0.4, -0.2) is 46.8 Å². The SMILES string of the molecule is Cc1ncc(C(=O)NC(C)C2CC2)c(N2CC[C@](C)(NC(=O)O)C2)c1-c1cc(F)cc(F)c1. The zero-order valence-corrected chi connectivity index (χ0v) is 18.9. The van der Waals surface area contributed by atoms with Gasteiger partial charge in [-0.2, -0.15) is 0 Å². The lowest BCUT2D eigenvalue weighted by Crippen LogP contribution is -2.47. The number of rotatable bonds is 6. The third kappa shape index (κ3) is 4.91. The number of amides is 2. The topological polar surface area (TPSA) is 94.6 Å². The van der Waals surface area contributed by atoms with Crippen molar-refractivity contribution in [2.75, 3.05) is 18.0 Å². The molecule has 1 saturated carbocycles. The second-order valence-electron chi connectivity index (χ2n) is 9.40. The number of hydrogen-bond donors (Lipinski definition) is 3. The molecule has 1 aliphatic heterocycles. The van der Waals surface area contributed by atoms with Gasteiger partial charge < -0.3 is 20.6 Å². The number of aryl methyl sites for hydroxylation is 1. The Morgan fingerprint density at radius 3 is 2.52 bits per heavy atom. The molecular formula is C24H28F2N4O3. The highest BCUT2D eigenvalue weighted by Crippen LogP contribution is 2.40. The molecule has 33 heavy (non-hydrogen) atoms. The van der Waals surface area contributed by atoms with Gasteiger partial charge in [-0.05, 0) is 63.6 Å². The van der Waals surface area contributed by atoms with Crippen LogP contribution in [0.3, 0.4) is 0 Å². The zero-order valence-electron chi connectivity index (χ0n) is 18.9. The van der Waals surface area contributed by atoms with Crippen LogP contribution in [0.2, 0.25) is 0 Å². The Bertz CT molecular complexity index is 1090. The Hall–Kier alpha value is -3.23. The molecule has 1 aromatic carbocycles. The van der Waals surface area contributed by atoms with Crippen molar-refractivity contribution in [2.24, 2.45) is 5.92 Å². The lowest BCUT2D eigenvalue weighted by Gasteiger charge is -2.29. The van der Waals surface area contributed by atoms with E-state index in [1.807, 2.05) is 11.8 Å². The molecule has 4 rings (SSSR count). The number of benzene rings is 1. The van der Waals surface area contributed by atoms with E-state index in [1.165, 1.54) is 18.3 Å². The summed E-state index contributed by atoms with van der Waals surface area (Å²) in [6.07, 6.45) is 3.00. The fourth-order valence-electron chi connectivity index (χ4n) is 4.64. The lowest BCUT2D eigenvalue weighted by atomic mass is 9.97. The van der Waals surface area contributed by atoms with Crippen LogP contribution in [-0.2, 0) is 0 Å². The molecule has 0 radical (unpaired) electrons. The Balaban J connectivity index is 1.82. The van der Waals surface area contributed by atoms with Crippen molar-refractivity contribution < 1.29 is 23.5 Å². The van der Waals surface area contributed by atoms with E-state index in [0.29, 0.717) is 47.9 Å². The molecule has 0 bridgehead atoms. The van der Waals surface area contributed by atoms with Crippen molar-refractivity contribution in [1.82, 2.24) is 15.6 Å². The number of carbonyl (C=O) groups excluding carboxylic acids is 1. The van der Waals surface area contributed by atoms with Crippen LogP contribution in [0, 0.1) is 24.5 Å². The number of hydrogen-bond acceptors (Lipinski definition) is 4. The van der Waals surface area contributed by atoms with E-state index in [1.54, 1.807) is 13.8 Å². The van der Waals surface area contributed by atoms with Crippen molar-refractivity contribution in [3.63, 3.8) is 0 Å². The van der Waals surface area contributed by atoms with Crippen molar-refractivity contribution in [3.8, 4) is 11.1 Å². The molecule has 1 aromatic heterocycles. The monoisotopic (exact) mass is 458 g/mol. The Morgan fingerprint density at radius 1 is 1.24 bits per heavy atom. The second kappa shape index (κ2) is 8.61. The maximum Gasteiger partial charge on any atom is 0.405 e. The number of pyridine rings is 1. The van der Waals surface area contributed by atoms with Crippen LogP contribution in [0.15, 0.2) is 24.4 Å². The molecule has 2 atom stereocenters. The van der Waals surface area contributed by atoms with Gasteiger partial charge in [0.1, 0.15) is 11.6 Å². The third-order valence-electron chi connectivity index (χ3n) is 6.52. The standard InChI is InChI=1S/C24H28F2N4O3/c1-13(15-4-5-15)28-22(31)19-11-27-14(2)20(16-8-17(25)10-18(26)9-16)21(19)30-7-6-24(3,12-30)29-23(32)33/h8-11,13,15,29H,4-7,12H2,1-3H3,(H,28,31)(H,32,33)/t13?,24-/m0/s1. The van der Waals surface area contributed by atoms with E-state index in [-0.39, 0.29) is 17.5 Å². The molecule has 3 N–H and O–H groups in total. The van der Waals surface area contributed by atoms with Crippen molar-refractivity contribution in [1.29, 1.82) is 0 Å². The maximum absolute atomic E-state index is 14.1. The molecule has 2 aliphatic rings. The fourth-order valence-corrected chi connectivity index (χ4v) is 4.64. The first kappa shape index (κ1) is 22.9. The van der Waals surface area contributed by atoms with Crippen LogP contribution >= 0.6 is 0 Å². The normalized spacial score (nSPS) is 21.1. The minimum absolute atomic E-state index is 0.000705. The number of anilines is 1. The average Bonchev–Trinajstić information content (AvgIpc) is 3.49. The summed E-state index contributed by atoms with van der Waals surface area (Å²) in [6, 6.07) is 3.23. The molecule has 0 spiro atoms. The fraction of sp³-hybridized carbons (Fsp3) is 0.458. The summed E-state index contributed by atoms with van der Waals surface area (Å²) in [5, 5.41) is 14.8. The van der Waals surface area contributed by atoms with Crippen LogP contribution in [0.4, 0.5) is 19.3 Å². The van der Waals surface area contributed by atoms with E-state index < -0.39 is 23.3 Å². The van der Waals surface area contributed by atoms with E-state index in [2.05, 4.69) is 15.6 Å². The maximum atomic E-state index is 14.1. The van der Waals surface area contributed by atoms with Crippen molar-refractivity contribution in [2.45, 2.75) is 51.6 Å². The summed E-state index contributed by atoms with van der Waals surface area (Å²) in [5.41, 5.74) is 1.32. The van der Waals surface area contributed by atoms with E-state index in [4.69, 9.17) is 0 Å². The van der Waals surface area contributed by atoms with Crippen LogP contribution in [0.5, 0.6) is 0 Å². The summed E-state index contributed by atoms with van der Waals surface area (Å²) in [6.45, 7) is 6.24. The summed E-state index contributed by atoms with van der Waals surface area (Å²) >= 11 is 0. The van der Waals surface area contributed by atoms with Gasteiger partial charge in [0.25, 0.3) is 5.91 Å². The number of halogens is 2. The molecule has 1 aliphatic carbocycles. The molecule has 2 fully saturated rings. The lowest BCUT2D eigenvalue weighted by molar-refractivity contribution is 0.0936. The van der Waals surface area contributed by atoms with Gasteiger partial charge in [0.15, 0.2) is 0 Å². The van der Waals surface area contributed by atoms with Gasteiger partial charge in [-0.3, -0.25) is 9.78 Å². The third-order valence-corrected chi connectivity index (χ3v) is 6.52. The van der Waals surface area contributed by atoms with Gasteiger partial charge in [0.05, 0.1) is 16.8 Å². The molecular weight excluding hydrogens is 430 g/mol. The highest BCUT2D eigenvalue weighted by atomic mass is 19.1. The largest absolute Gasteiger partial charge is 0.465 e. The first-order valence-corrected chi connectivity index (χ1v) is 11.1. The molecule has 2 aromatic rings. The van der Waals surface area contributed by atoms with E-state index >= 15 is 0 Å². The Morgan fingerprint density at radius 2 is 1.91 bits per heavy atom. The molecule has 1 unspecified atom stereocenters. The van der Waals surface area contributed by atoms with Gasteiger partial charge in [-0.25, -0.2) is 13.6 Å². The summed E-state index contributed by atoms with van der Waals surface area (Å²) < 4.78 is 28.2. The van der Waals surface area contributed by atoms with Crippen LogP contribution < -0.4 is 15.5 Å². The van der Waals surface area contributed by atoms with Crippen LogP contribution in [0.25, 0.3) is 11.1 Å². The Labute approximate surface area is 191 Å². The number of nitrogens with one attached hydrogen (secondary N) is 2. The zero-order chi connectivity index (χ0) is 23.9. The molecule has 7 nitrogen and oxygen atoms in total. The summed E-state index contributed by atoms with van der Waals surface area (Å²) in [7, 11) is 0. The average molecular weight is 459 g/mol. The number of nitrogens with zero attached hydrogens (tertiary/aromatic N) is 2. The molecule has 2 amide bonds. The predicted molar refractivity (Wildman–Crippen MR) is 120 cm³/mol. The van der Waals surface area contributed by atoms with Gasteiger partial charge >= 0.3 is 6.09 Å². The van der Waals surface area contributed by atoms with Gasteiger partial charge in [0.2, 0.25) is 0 Å². The van der Waals surface area contributed by atoms with Gasteiger partial charge in [-0.15, -0.1) is 0 Å². The van der Waals surface area contributed by atoms with Crippen molar-refractivity contribution in [3.05, 3.63) is 47.3 Å².